The number of methoxy groups -OCH3 is 1. The van der Waals surface area contributed by atoms with Crippen molar-refractivity contribution in [1.29, 1.82) is 0 Å². The quantitative estimate of drug-likeness (QED) is 0.588. The molecular weight excluding hydrogens is 158 g/mol. The van der Waals surface area contributed by atoms with Crippen LogP contribution in [0, 0.1) is 0 Å². The minimum Gasteiger partial charge on any atom is -0.504 e. The number of benzene rings is 1. The molecule has 0 radical (unpaired) electrons. The molecule has 1 aromatic carbocycles. The minimum atomic E-state index is 0.0570. The number of phenolic OH excluding ortho intramolecular Hbond substituents is 1. The molecule has 0 aliphatic heterocycles. The van der Waals surface area contributed by atoms with E-state index in [1.165, 1.54) is 7.11 Å². The molecule has 12 heavy (non-hydrogen) atoms. The molecule has 0 saturated heterocycles. The van der Waals surface area contributed by atoms with Crippen molar-refractivity contribution in [3.05, 3.63) is 23.8 Å². The van der Waals surface area contributed by atoms with Gasteiger partial charge in [-0.25, -0.2) is 5.48 Å². The van der Waals surface area contributed by atoms with Gasteiger partial charge in [-0.1, -0.05) is 12.1 Å². The normalized spacial score (nSPS) is 9.83. The first-order valence-corrected chi connectivity index (χ1v) is 3.51. The zero-order valence-electron chi connectivity index (χ0n) is 6.74. The van der Waals surface area contributed by atoms with Crippen LogP contribution in [0.3, 0.4) is 0 Å². The van der Waals surface area contributed by atoms with Gasteiger partial charge in [0.15, 0.2) is 11.5 Å². The smallest absolute Gasteiger partial charge is 0.162 e. The molecule has 0 aliphatic carbocycles. The fourth-order valence-corrected chi connectivity index (χ4v) is 0.960. The predicted molar refractivity (Wildman–Crippen MR) is 43.3 cm³/mol. The topological polar surface area (TPSA) is 61.7 Å². The van der Waals surface area contributed by atoms with E-state index in [2.05, 4.69) is 0 Å². The Morgan fingerprint density at radius 1 is 1.50 bits per heavy atom. The Morgan fingerprint density at radius 3 is 2.83 bits per heavy atom. The van der Waals surface area contributed by atoms with Crippen LogP contribution >= 0.6 is 0 Å². The van der Waals surface area contributed by atoms with Crippen LogP contribution in [-0.4, -0.2) is 17.4 Å². The molecule has 0 heterocycles. The van der Waals surface area contributed by atoms with Gasteiger partial charge in [0.2, 0.25) is 0 Å². The molecule has 0 aromatic heterocycles. The predicted octanol–water partition coefficient (Wildman–Crippen LogP) is 0.880. The van der Waals surface area contributed by atoms with E-state index in [1.54, 1.807) is 18.2 Å². The van der Waals surface area contributed by atoms with E-state index >= 15 is 0 Å². The average molecular weight is 169 g/mol. The Kier molecular flexibility index (Phi) is 2.90. The fraction of sp³-hybridized carbons (Fsp3) is 0.250. The number of nitrogens with one attached hydrogen (secondary N) is 1. The fourth-order valence-electron chi connectivity index (χ4n) is 0.960. The summed E-state index contributed by atoms with van der Waals surface area (Å²) in [7, 11) is 1.48. The van der Waals surface area contributed by atoms with Gasteiger partial charge in [-0.05, 0) is 6.07 Å². The zero-order valence-corrected chi connectivity index (χ0v) is 6.74. The molecule has 1 rings (SSSR count). The van der Waals surface area contributed by atoms with Gasteiger partial charge < -0.3 is 15.1 Å². The number of para-hydroxylation sites is 1. The molecule has 0 bridgehead atoms. The molecule has 4 nitrogen and oxygen atoms in total. The lowest BCUT2D eigenvalue weighted by molar-refractivity contribution is 0.160. The summed E-state index contributed by atoms with van der Waals surface area (Å²) in [6, 6.07) is 5.09. The number of hydrogen-bond acceptors (Lipinski definition) is 4. The highest BCUT2D eigenvalue weighted by Crippen LogP contribution is 2.28. The number of phenols is 1. The van der Waals surface area contributed by atoms with E-state index in [-0.39, 0.29) is 12.3 Å². The Labute approximate surface area is 70.4 Å². The maximum absolute atomic E-state index is 9.44. The molecular formula is C8H11NO3. The standard InChI is InChI=1S/C8H11NO3/c1-12-7-4-2-3-6(5-9-11)8(7)10/h2-4,9-11H,5H2,1H3. The van der Waals surface area contributed by atoms with Crippen LogP contribution < -0.4 is 10.2 Å². The van der Waals surface area contributed by atoms with E-state index < -0.39 is 0 Å². The van der Waals surface area contributed by atoms with Crippen LogP contribution in [0.2, 0.25) is 0 Å². The number of hydrogen-bond donors (Lipinski definition) is 3. The average Bonchev–Trinajstić information content (AvgIpc) is 2.09. The van der Waals surface area contributed by atoms with Gasteiger partial charge in [0.25, 0.3) is 0 Å². The first-order valence-electron chi connectivity index (χ1n) is 3.51. The molecule has 0 unspecified atom stereocenters. The molecule has 3 N–H and O–H groups in total. The van der Waals surface area contributed by atoms with Crippen molar-refractivity contribution in [3.8, 4) is 11.5 Å². The molecule has 0 atom stereocenters. The third-order valence-electron chi connectivity index (χ3n) is 1.57. The van der Waals surface area contributed by atoms with Crippen molar-refractivity contribution < 1.29 is 15.1 Å². The van der Waals surface area contributed by atoms with Gasteiger partial charge in [-0.2, -0.15) is 0 Å². The van der Waals surface area contributed by atoms with Gasteiger partial charge in [0, 0.05) is 12.1 Å². The maximum atomic E-state index is 9.44. The van der Waals surface area contributed by atoms with Crippen molar-refractivity contribution in [2.45, 2.75) is 6.54 Å². The third kappa shape index (κ3) is 1.66. The molecule has 0 amide bonds. The Bertz CT molecular complexity index is 262. The lowest BCUT2D eigenvalue weighted by atomic mass is 10.2. The van der Waals surface area contributed by atoms with Crippen LogP contribution in [0.25, 0.3) is 0 Å². The lowest BCUT2D eigenvalue weighted by Crippen LogP contribution is -2.06. The van der Waals surface area contributed by atoms with Gasteiger partial charge in [0.05, 0.1) is 7.11 Å². The minimum absolute atomic E-state index is 0.0570. The van der Waals surface area contributed by atoms with Gasteiger partial charge in [-0.3, -0.25) is 0 Å². The number of rotatable bonds is 3. The summed E-state index contributed by atoms with van der Waals surface area (Å²) in [5.41, 5.74) is 2.55. The van der Waals surface area contributed by atoms with Crippen molar-refractivity contribution in [2.75, 3.05) is 7.11 Å². The van der Waals surface area contributed by atoms with Crippen molar-refractivity contribution in [2.24, 2.45) is 0 Å². The number of ether oxygens (including phenoxy) is 1. The first kappa shape index (κ1) is 8.83. The Hall–Kier alpha value is -1.26. The van der Waals surface area contributed by atoms with Crippen molar-refractivity contribution in [3.63, 3.8) is 0 Å². The monoisotopic (exact) mass is 169 g/mol. The summed E-state index contributed by atoms with van der Waals surface area (Å²) in [5, 5.41) is 17.8. The second kappa shape index (κ2) is 3.94. The largest absolute Gasteiger partial charge is 0.504 e. The van der Waals surface area contributed by atoms with Gasteiger partial charge in [-0.15, -0.1) is 0 Å². The maximum Gasteiger partial charge on any atom is 0.162 e. The third-order valence-corrected chi connectivity index (χ3v) is 1.57. The summed E-state index contributed by atoms with van der Waals surface area (Å²) in [4.78, 5) is 0. The van der Waals surface area contributed by atoms with Crippen LogP contribution in [0.5, 0.6) is 11.5 Å². The Morgan fingerprint density at radius 2 is 2.25 bits per heavy atom. The molecule has 0 saturated carbocycles. The van der Waals surface area contributed by atoms with Crippen LogP contribution in [0.15, 0.2) is 18.2 Å². The second-order valence-corrected chi connectivity index (χ2v) is 2.30. The van der Waals surface area contributed by atoms with Crippen LogP contribution in [-0.2, 0) is 6.54 Å². The lowest BCUT2D eigenvalue weighted by Gasteiger charge is -2.06. The SMILES string of the molecule is COc1cccc(CNO)c1O. The molecule has 1 aromatic rings. The van der Waals surface area contributed by atoms with E-state index in [0.29, 0.717) is 11.3 Å². The highest BCUT2D eigenvalue weighted by molar-refractivity contribution is 5.45. The summed E-state index contributed by atoms with van der Waals surface area (Å²) in [5.74, 6) is 0.462. The van der Waals surface area contributed by atoms with Crippen LogP contribution in [0.1, 0.15) is 5.56 Å². The number of hydroxylamine groups is 1. The molecule has 0 fully saturated rings. The van der Waals surface area contributed by atoms with E-state index in [0.717, 1.165) is 0 Å². The Balaban J connectivity index is 2.97. The van der Waals surface area contributed by atoms with Gasteiger partial charge in [0.1, 0.15) is 0 Å². The summed E-state index contributed by atoms with van der Waals surface area (Å²) < 4.78 is 4.87. The molecule has 66 valence electrons. The highest BCUT2D eigenvalue weighted by Gasteiger charge is 2.05. The summed E-state index contributed by atoms with van der Waals surface area (Å²) in [6.45, 7) is 0.197. The van der Waals surface area contributed by atoms with Crippen molar-refractivity contribution in [1.82, 2.24) is 5.48 Å². The summed E-state index contributed by atoms with van der Waals surface area (Å²) in [6.07, 6.45) is 0. The van der Waals surface area contributed by atoms with E-state index in [4.69, 9.17) is 9.94 Å². The molecule has 4 heteroatoms. The highest BCUT2D eigenvalue weighted by atomic mass is 16.5. The van der Waals surface area contributed by atoms with Crippen LogP contribution in [0.4, 0.5) is 0 Å². The molecule has 0 aliphatic rings. The van der Waals surface area contributed by atoms with E-state index in [1.807, 2.05) is 5.48 Å². The van der Waals surface area contributed by atoms with Gasteiger partial charge >= 0.3 is 0 Å². The van der Waals surface area contributed by atoms with Crippen molar-refractivity contribution >= 4 is 0 Å². The number of aromatic hydroxyl groups is 1. The first-order chi connectivity index (χ1) is 5.79. The summed E-state index contributed by atoms with van der Waals surface area (Å²) >= 11 is 0. The molecule has 0 spiro atoms. The second-order valence-electron chi connectivity index (χ2n) is 2.30. The zero-order chi connectivity index (χ0) is 8.97. The van der Waals surface area contributed by atoms with E-state index in [9.17, 15) is 5.11 Å².